The minimum Gasteiger partial charge on any atom is -0.822 e. The van der Waals surface area contributed by atoms with Crippen molar-refractivity contribution in [1.29, 1.82) is 0 Å². The summed E-state index contributed by atoms with van der Waals surface area (Å²) >= 11 is 0. The molecule has 0 fully saturated rings. The zero-order valence-electron chi connectivity index (χ0n) is 35.8. The topological polar surface area (TPSA) is 86.2 Å². The number of hydrogen-bond acceptors (Lipinski definition) is 4. The second kappa shape index (κ2) is 26.5. The first-order valence-electron chi connectivity index (χ1n) is 20.7. The van der Waals surface area contributed by atoms with Crippen LogP contribution in [0, 0.1) is 0 Å². The zero-order valence-corrected chi connectivity index (χ0v) is 36.7. The van der Waals surface area contributed by atoms with Crippen LogP contribution in [0.4, 0.5) is 0 Å². The SMILES string of the molecule is CCC(c1ccccc1)[N+](CC)(CC)CC.CCC(c1ccccc1)[N+](CC)(CC)CC.CCC(c1ccccc1)[N+](CC)(CC)CC.O=P([O-])([O-])[O-]. The van der Waals surface area contributed by atoms with Gasteiger partial charge in [0.1, 0.15) is 18.1 Å². The molecule has 0 aromatic heterocycles. The average molecular weight is 756 g/mol. The third-order valence-electron chi connectivity index (χ3n) is 12.4. The molecule has 0 heterocycles. The molecule has 0 N–H and O–H groups in total. The summed E-state index contributed by atoms with van der Waals surface area (Å²) in [5.74, 6) is 0. The molecule has 0 aliphatic rings. The van der Waals surface area contributed by atoms with E-state index in [0.29, 0.717) is 18.1 Å². The molecule has 3 atom stereocenters. The van der Waals surface area contributed by atoms with Crippen molar-refractivity contribution < 1.29 is 32.7 Å². The fourth-order valence-corrected chi connectivity index (χ4v) is 8.84. The smallest absolute Gasteiger partial charge is 0.114 e. The standard InChI is InChI=1S/3C15H26N.H3O4P/c3*1-5-15(14-12-10-9-11-13-14)16(6-2,7-3)8-4;1-5(2,3)4/h3*9-13,15H,5-8H2,1-4H3;(H3,1,2,3,4)/q3*+1;/p-3. The number of phosphoric acid groups is 1. The number of rotatable bonds is 18. The van der Waals surface area contributed by atoms with E-state index in [4.69, 9.17) is 19.2 Å². The molecule has 0 bridgehead atoms. The monoisotopic (exact) mass is 756 g/mol. The minimum atomic E-state index is -5.39. The Morgan fingerprint density at radius 3 is 0.642 bits per heavy atom. The lowest BCUT2D eigenvalue weighted by Gasteiger charge is -2.43. The van der Waals surface area contributed by atoms with Gasteiger partial charge in [-0.1, -0.05) is 112 Å². The Labute approximate surface area is 326 Å². The molecule has 3 rings (SSSR count). The van der Waals surface area contributed by atoms with Gasteiger partial charge in [-0.2, -0.15) is 7.82 Å². The second-order valence-electron chi connectivity index (χ2n) is 14.0. The van der Waals surface area contributed by atoms with Crippen molar-refractivity contribution in [2.75, 3.05) is 58.9 Å². The Morgan fingerprint density at radius 2 is 0.528 bits per heavy atom. The van der Waals surface area contributed by atoms with Crippen LogP contribution in [-0.2, 0) is 4.57 Å². The third kappa shape index (κ3) is 15.7. The van der Waals surface area contributed by atoms with Crippen molar-refractivity contribution in [2.45, 2.75) is 120 Å². The van der Waals surface area contributed by atoms with Gasteiger partial charge in [-0.3, -0.25) is 0 Å². The number of hydrogen-bond donors (Lipinski definition) is 0. The van der Waals surface area contributed by atoms with Gasteiger partial charge in [0, 0.05) is 36.0 Å². The van der Waals surface area contributed by atoms with Crippen LogP contribution in [0.2, 0.25) is 0 Å². The minimum absolute atomic E-state index is 0.654. The molecule has 0 spiro atoms. The van der Waals surface area contributed by atoms with E-state index in [2.05, 4.69) is 174 Å². The quantitative estimate of drug-likeness (QED) is 0.0958. The lowest BCUT2D eigenvalue weighted by atomic mass is 9.99. The molecule has 0 aliphatic carbocycles. The molecule has 3 unspecified atom stereocenters. The van der Waals surface area contributed by atoms with Crippen molar-refractivity contribution in [3.05, 3.63) is 108 Å². The molecule has 0 saturated heterocycles. The maximum atomic E-state index is 8.55. The molecular formula is C45H78N3O4P. The van der Waals surface area contributed by atoms with Gasteiger partial charge in [0.05, 0.1) is 58.9 Å². The van der Waals surface area contributed by atoms with Crippen LogP contribution in [0.1, 0.15) is 137 Å². The average Bonchev–Trinajstić information content (AvgIpc) is 3.19. The van der Waals surface area contributed by atoms with E-state index < -0.39 is 7.82 Å². The van der Waals surface area contributed by atoms with Gasteiger partial charge < -0.3 is 32.7 Å². The maximum Gasteiger partial charge on any atom is 0.114 e. The summed E-state index contributed by atoms with van der Waals surface area (Å²) in [6, 6.07) is 34.9. The van der Waals surface area contributed by atoms with Crippen molar-refractivity contribution in [3.8, 4) is 0 Å². The first-order valence-corrected chi connectivity index (χ1v) is 22.1. The lowest BCUT2D eigenvalue weighted by Crippen LogP contribution is -2.50. The van der Waals surface area contributed by atoms with E-state index >= 15 is 0 Å². The van der Waals surface area contributed by atoms with Crippen molar-refractivity contribution in [1.82, 2.24) is 0 Å². The van der Waals surface area contributed by atoms with Crippen LogP contribution < -0.4 is 14.7 Å². The highest BCUT2D eigenvalue weighted by atomic mass is 31.2. The summed E-state index contributed by atoms with van der Waals surface area (Å²) in [4.78, 5) is 25.6. The Bertz CT molecular complexity index is 1160. The van der Waals surface area contributed by atoms with Crippen LogP contribution in [-0.4, -0.2) is 72.4 Å². The van der Waals surface area contributed by atoms with E-state index in [1.165, 1.54) is 108 Å². The van der Waals surface area contributed by atoms with Crippen molar-refractivity contribution >= 4 is 7.82 Å². The van der Waals surface area contributed by atoms with Gasteiger partial charge >= 0.3 is 0 Å². The number of benzene rings is 3. The molecule has 7 nitrogen and oxygen atoms in total. The highest BCUT2D eigenvalue weighted by Gasteiger charge is 2.34. The van der Waals surface area contributed by atoms with Crippen molar-refractivity contribution in [3.63, 3.8) is 0 Å². The van der Waals surface area contributed by atoms with E-state index in [9.17, 15) is 0 Å². The van der Waals surface area contributed by atoms with Crippen LogP contribution in [0.5, 0.6) is 0 Å². The van der Waals surface area contributed by atoms with E-state index in [1.807, 2.05) is 0 Å². The molecule has 0 radical (unpaired) electrons. The van der Waals surface area contributed by atoms with Gasteiger partial charge in [0.25, 0.3) is 0 Å². The summed E-state index contributed by atoms with van der Waals surface area (Å²) in [5, 5.41) is 0. The predicted molar refractivity (Wildman–Crippen MR) is 222 cm³/mol. The highest BCUT2D eigenvalue weighted by Crippen LogP contribution is 2.33. The predicted octanol–water partition coefficient (Wildman–Crippen LogP) is 9.22. The largest absolute Gasteiger partial charge is 0.822 e. The summed E-state index contributed by atoms with van der Waals surface area (Å²) in [6.07, 6.45) is 3.67. The summed E-state index contributed by atoms with van der Waals surface area (Å²) in [6.45, 7) is 38.8. The normalized spacial score (nSPS) is 13.6. The Morgan fingerprint density at radius 1 is 0.377 bits per heavy atom. The fourth-order valence-electron chi connectivity index (χ4n) is 8.84. The first-order chi connectivity index (χ1) is 25.2. The molecule has 3 aromatic rings. The third-order valence-corrected chi connectivity index (χ3v) is 12.4. The molecule has 3 aromatic carbocycles. The second-order valence-corrected chi connectivity index (χ2v) is 14.8. The van der Waals surface area contributed by atoms with Crippen LogP contribution in [0.15, 0.2) is 91.0 Å². The number of quaternary nitrogens is 3. The highest BCUT2D eigenvalue weighted by molar-refractivity contribution is 7.40. The van der Waals surface area contributed by atoms with Crippen molar-refractivity contribution in [2.24, 2.45) is 0 Å². The van der Waals surface area contributed by atoms with Gasteiger partial charge in [0.2, 0.25) is 0 Å². The number of nitrogens with zero attached hydrogens (tertiary/aromatic N) is 3. The van der Waals surface area contributed by atoms with Gasteiger partial charge in [0.15, 0.2) is 0 Å². The van der Waals surface area contributed by atoms with E-state index in [-0.39, 0.29) is 0 Å². The Kier molecular flexibility index (Phi) is 25.3. The molecule has 302 valence electrons. The molecule has 0 amide bonds. The summed E-state index contributed by atoms with van der Waals surface area (Å²) < 4.78 is 12.2. The Hall–Kier alpha value is -2.35. The van der Waals surface area contributed by atoms with Crippen LogP contribution in [0.25, 0.3) is 0 Å². The Balaban J connectivity index is 0.000000718. The zero-order chi connectivity index (χ0) is 40.6. The summed E-state index contributed by atoms with van der Waals surface area (Å²) in [5.41, 5.74) is 4.49. The van der Waals surface area contributed by atoms with Gasteiger partial charge in [-0.15, -0.1) is 0 Å². The van der Waals surface area contributed by atoms with Crippen LogP contribution in [0.3, 0.4) is 0 Å². The molecule has 8 heteroatoms. The van der Waals surface area contributed by atoms with Gasteiger partial charge in [-0.25, -0.2) is 0 Å². The van der Waals surface area contributed by atoms with E-state index in [0.717, 1.165) is 0 Å². The van der Waals surface area contributed by atoms with Gasteiger partial charge in [-0.05, 0) is 62.3 Å². The van der Waals surface area contributed by atoms with E-state index in [1.54, 1.807) is 0 Å². The summed E-state index contributed by atoms with van der Waals surface area (Å²) in [7, 11) is -5.39. The molecule has 0 aliphatic heterocycles. The first kappa shape index (κ1) is 50.6. The van der Waals surface area contributed by atoms with Crippen LogP contribution >= 0.6 is 7.82 Å². The molecular weight excluding hydrogens is 677 g/mol. The maximum absolute atomic E-state index is 8.55. The molecule has 0 saturated carbocycles. The molecule has 53 heavy (non-hydrogen) atoms. The fraction of sp³-hybridized carbons (Fsp3) is 0.600. The lowest BCUT2D eigenvalue weighted by molar-refractivity contribution is -0.952.